The Bertz CT molecular complexity index is 402. The summed E-state index contributed by atoms with van der Waals surface area (Å²) in [7, 11) is 0. The Kier molecular flexibility index (Phi) is 6.78. The van der Waals surface area contributed by atoms with Crippen LogP contribution < -0.4 is 0 Å². The zero-order chi connectivity index (χ0) is 14.1. The van der Waals surface area contributed by atoms with Crippen LogP contribution in [0.1, 0.15) is 18.9 Å². The first kappa shape index (κ1) is 15.3. The number of rotatable bonds is 9. The number of ether oxygens (including phenoxy) is 2. The lowest BCUT2D eigenvalue weighted by Crippen LogP contribution is -2.20. The van der Waals surface area contributed by atoms with Crippen LogP contribution in [-0.4, -0.2) is 30.3 Å². The van der Waals surface area contributed by atoms with Crippen LogP contribution in [-0.2, 0) is 25.7 Å². The van der Waals surface area contributed by atoms with Crippen LogP contribution in [0.5, 0.6) is 0 Å². The van der Waals surface area contributed by atoms with Crippen LogP contribution in [0.25, 0.3) is 0 Å². The van der Waals surface area contributed by atoms with Gasteiger partial charge in [-0.15, -0.1) is 0 Å². The highest BCUT2D eigenvalue weighted by Gasteiger charge is 2.16. The van der Waals surface area contributed by atoms with Gasteiger partial charge in [-0.1, -0.05) is 37.3 Å². The van der Waals surface area contributed by atoms with Crippen molar-refractivity contribution in [2.45, 2.75) is 20.0 Å². The van der Waals surface area contributed by atoms with E-state index in [2.05, 4.69) is 0 Å². The summed E-state index contributed by atoms with van der Waals surface area (Å²) in [6, 6.07) is 9.66. The van der Waals surface area contributed by atoms with Gasteiger partial charge in [0.15, 0.2) is 0 Å². The van der Waals surface area contributed by atoms with Crippen molar-refractivity contribution in [2.75, 3.05) is 13.4 Å². The maximum atomic E-state index is 11.3. The molecule has 0 fully saturated rings. The van der Waals surface area contributed by atoms with E-state index >= 15 is 0 Å². The molecule has 0 radical (unpaired) electrons. The summed E-state index contributed by atoms with van der Waals surface area (Å²) >= 11 is 0. The van der Waals surface area contributed by atoms with Gasteiger partial charge in [-0.05, 0) is 5.56 Å². The Morgan fingerprint density at radius 2 is 1.89 bits per heavy atom. The standard InChI is InChI=1S/C14H18O5/c1-11(13(15)7-14(16)17)8-18-10-19-9-12-5-3-2-4-6-12/h2-6,11H,7-10H2,1H3,(H,16,17). The third-order valence-corrected chi connectivity index (χ3v) is 2.52. The van der Waals surface area contributed by atoms with Gasteiger partial charge in [0.25, 0.3) is 0 Å². The van der Waals surface area contributed by atoms with E-state index in [1.807, 2.05) is 30.3 Å². The Hall–Kier alpha value is -1.72. The molecule has 5 heteroatoms. The second-order valence-electron chi connectivity index (χ2n) is 4.26. The SMILES string of the molecule is CC(COCOCc1ccccc1)C(=O)CC(=O)O. The topological polar surface area (TPSA) is 72.8 Å². The lowest BCUT2D eigenvalue weighted by atomic mass is 10.1. The van der Waals surface area contributed by atoms with Crippen LogP contribution in [0.4, 0.5) is 0 Å². The normalized spacial score (nSPS) is 12.1. The molecule has 19 heavy (non-hydrogen) atoms. The monoisotopic (exact) mass is 266 g/mol. The Morgan fingerprint density at radius 3 is 2.53 bits per heavy atom. The molecule has 0 bridgehead atoms. The Morgan fingerprint density at radius 1 is 1.21 bits per heavy atom. The highest BCUT2D eigenvalue weighted by molar-refractivity contribution is 5.95. The van der Waals surface area contributed by atoms with E-state index in [0.717, 1.165) is 5.56 Å². The predicted octanol–water partition coefficient (Wildman–Crippen LogP) is 1.86. The summed E-state index contributed by atoms with van der Waals surface area (Å²) in [5, 5.41) is 8.48. The molecule has 104 valence electrons. The summed E-state index contributed by atoms with van der Waals surface area (Å²) in [6.45, 7) is 2.33. The molecule has 1 unspecified atom stereocenters. The fourth-order valence-corrected chi connectivity index (χ4v) is 1.43. The lowest BCUT2D eigenvalue weighted by molar-refractivity contribution is -0.142. The van der Waals surface area contributed by atoms with E-state index in [1.165, 1.54) is 0 Å². The maximum absolute atomic E-state index is 11.3. The molecular formula is C14H18O5. The molecule has 1 N–H and O–H groups in total. The first-order valence-corrected chi connectivity index (χ1v) is 6.03. The quantitative estimate of drug-likeness (QED) is 0.419. The molecule has 0 aromatic heterocycles. The van der Waals surface area contributed by atoms with E-state index < -0.39 is 18.3 Å². The van der Waals surface area contributed by atoms with Gasteiger partial charge in [-0.2, -0.15) is 0 Å². The van der Waals surface area contributed by atoms with Crippen molar-refractivity contribution in [3.8, 4) is 0 Å². The number of Topliss-reactive ketones (excluding diaryl/α,β-unsaturated/α-hetero) is 1. The Balaban J connectivity index is 2.10. The van der Waals surface area contributed by atoms with Gasteiger partial charge in [0.05, 0.1) is 13.2 Å². The van der Waals surface area contributed by atoms with Gasteiger partial charge < -0.3 is 14.6 Å². The number of carboxylic acid groups (broad SMARTS) is 1. The van der Waals surface area contributed by atoms with Gasteiger partial charge in [-0.25, -0.2) is 0 Å². The fraction of sp³-hybridized carbons (Fsp3) is 0.429. The zero-order valence-electron chi connectivity index (χ0n) is 10.9. The number of ketones is 1. The Labute approximate surface area is 112 Å². The highest BCUT2D eigenvalue weighted by Crippen LogP contribution is 2.03. The molecule has 0 heterocycles. The fourth-order valence-electron chi connectivity index (χ4n) is 1.43. The molecule has 0 spiro atoms. The molecule has 1 aromatic rings. The second kappa shape index (κ2) is 8.39. The maximum Gasteiger partial charge on any atom is 0.310 e. The van der Waals surface area contributed by atoms with Gasteiger partial charge >= 0.3 is 5.97 Å². The van der Waals surface area contributed by atoms with Crippen LogP contribution >= 0.6 is 0 Å². The van der Waals surface area contributed by atoms with Gasteiger partial charge in [-0.3, -0.25) is 9.59 Å². The van der Waals surface area contributed by atoms with Crippen LogP contribution in [0, 0.1) is 5.92 Å². The molecular weight excluding hydrogens is 248 g/mol. The average molecular weight is 266 g/mol. The summed E-state index contributed by atoms with van der Waals surface area (Å²) in [5.74, 6) is -1.89. The van der Waals surface area contributed by atoms with Crippen molar-refractivity contribution >= 4 is 11.8 Å². The zero-order valence-corrected chi connectivity index (χ0v) is 10.9. The lowest BCUT2D eigenvalue weighted by Gasteiger charge is -2.10. The van der Waals surface area contributed by atoms with Crippen LogP contribution in [0.2, 0.25) is 0 Å². The van der Waals surface area contributed by atoms with Gasteiger partial charge in [0, 0.05) is 5.92 Å². The second-order valence-corrected chi connectivity index (χ2v) is 4.26. The molecule has 0 aliphatic carbocycles. The third kappa shape index (κ3) is 6.69. The van der Waals surface area contributed by atoms with E-state index in [0.29, 0.717) is 6.61 Å². The first-order chi connectivity index (χ1) is 9.09. The van der Waals surface area contributed by atoms with Gasteiger partial charge in [0.1, 0.15) is 19.0 Å². The molecule has 1 rings (SSSR count). The third-order valence-electron chi connectivity index (χ3n) is 2.52. The minimum atomic E-state index is -1.11. The summed E-state index contributed by atoms with van der Waals surface area (Å²) in [5.41, 5.74) is 1.04. The minimum absolute atomic E-state index is 0.0829. The number of hydrogen-bond donors (Lipinski definition) is 1. The minimum Gasteiger partial charge on any atom is -0.481 e. The highest BCUT2D eigenvalue weighted by atomic mass is 16.7. The average Bonchev–Trinajstić information content (AvgIpc) is 2.38. The van der Waals surface area contributed by atoms with E-state index in [1.54, 1.807) is 6.92 Å². The van der Waals surface area contributed by atoms with Crippen molar-refractivity contribution in [1.82, 2.24) is 0 Å². The van der Waals surface area contributed by atoms with Crippen molar-refractivity contribution in [3.05, 3.63) is 35.9 Å². The number of carboxylic acids is 1. The van der Waals surface area contributed by atoms with Crippen molar-refractivity contribution in [3.63, 3.8) is 0 Å². The predicted molar refractivity (Wildman–Crippen MR) is 68.5 cm³/mol. The summed E-state index contributed by atoms with van der Waals surface area (Å²) in [6.07, 6.45) is -0.463. The number of benzene rings is 1. The summed E-state index contributed by atoms with van der Waals surface area (Å²) < 4.78 is 10.5. The van der Waals surface area contributed by atoms with E-state index in [-0.39, 0.29) is 19.2 Å². The first-order valence-electron chi connectivity index (χ1n) is 6.03. The van der Waals surface area contributed by atoms with Crippen LogP contribution in [0.3, 0.4) is 0 Å². The molecule has 1 aromatic carbocycles. The molecule has 0 amide bonds. The van der Waals surface area contributed by atoms with Crippen molar-refractivity contribution in [2.24, 2.45) is 5.92 Å². The van der Waals surface area contributed by atoms with E-state index in [9.17, 15) is 9.59 Å². The van der Waals surface area contributed by atoms with Crippen molar-refractivity contribution in [1.29, 1.82) is 0 Å². The molecule has 0 aliphatic heterocycles. The molecule has 1 atom stereocenters. The van der Waals surface area contributed by atoms with Gasteiger partial charge in [0.2, 0.25) is 0 Å². The molecule has 0 saturated carbocycles. The van der Waals surface area contributed by atoms with E-state index in [4.69, 9.17) is 14.6 Å². The van der Waals surface area contributed by atoms with Crippen molar-refractivity contribution < 1.29 is 24.2 Å². The summed E-state index contributed by atoms with van der Waals surface area (Å²) in [4.78, 5) is 21.7. The molecule has 0 saturated heterocycles. The smallest absolute Gasteiger partial charge is 0.310 e. The number of aliphatic carboxylic acids is 1. The largest absolute Gasteiger partial charge is 0.481 e. The molecule has 5 nitrogen and oxygen atoms in total. The number of carbonyl (C=O) groups is 2. The molecule has 0 aliphatic rings. The number of carbonyl (C=O) groups excluding carboxylic acids is 1. The number of hydrogen-bond acceptors (Lipinski definition) is 4. The van der Waals surface area contributed by atoms with Crippen LogP contribution in [0.15, 0.2) is 30.3 Å².